The molecule has 0 aliphatic heterocycles. The molecular formula is C12H13N5O3S. The average Bonchev–Trinajstić information content (AvgIpc) is 2.84. The third-order valence-electron chi connectivity index (χ3n) is 2.43. The number of aliphatic hydroxyl groups is 1. The maximum absolute atomic E-state index is 12.2. The van der Waals surface area contributed by atoms with E-state index >= 15 is 0 Å². The van der Waals surface area contributed by atoms with E-state index in [1.807, 2.05) is 0 Å². The number of pyridine rings is 1. The van der Waals surface area contributed by atoms with Crippen molar-refractivity contribution < 1.29 is 13.5 Å². The summed E-state index contributed by atoms with van der Waals surface area (Å²) in [6.45, 7) is -0.0495. The molecule has 0 saturated heterocycles. The Hall–Kier alpha value is -2.44. The number of sulfonamides is 1. The van der Waals surface area contributed by atoms with Crippen molar-refractivity contribution in [2.24, 2.45) is 7.05 Å². The number of hydrogen-bond acceptors (Lipinski definition) is 6. The molecule has 2 N–H and O–H groups in total. The van der Waals surface area contributed by atoms with E-state index in [1.54, 1.807) is 7.05 Å². The molecule has 0 atom stereocenters. The molecule has 0 amide bonds. The van der Waals surface area contributed by atoms with Gasteiger partial charge in [0.2, 0.25) is 5.95 Å². The van der Waals surface area contributed by atoms with Crippen LogP contribution < -0.4 is 4.72 Å². The first-order chi connectivity index (χ1) is 10.0. The molecular weight excluding hydrogens is 294 g/mol. The highest BCUT2D eigenvalue weighted by molar-refractivity contribution is 7.92. The van der Waals surface area contributed by atoms with Crippen LogP contribution in [0.5, 0.6) is 0 Å². The van der Waals surface area contributed by atoms with Crippen molar-refractivity contribution in [3.05, 3.63) is 30.4 Å². The lowest BCUT2D eigenvalue weighted by atomic mass is 10.3. The van der Waals surface area contributed by atoms with Crippen LogP contribution in [0.3, 0.4) is 0 Å². The highest BCUT2D eigenvalue weighted by Gasteiger charge is 2.17. The molecule has 0 bridgehead atoms. The molecule has 0 aromatic carbocycles. The topological polar surface area (TPSA) is 110 Å². The van der Waals surface area contributed by atoms with Gasteiger partial charge in [0.25, 0.3) is 10.0 Å². The Morgan fingerprint density at radius 3 is 2.90 bits per heavy atom. The van der Waals surface area contributed by atoms with Crippen LogP contribution in [0.2, 0.25) is 0 Å². The standard InChI is InChI=1S/C12H13N5O3S/c1-17-12(14-9-15-17)16-21(19,20)11-6-10(7-13-8-11)4-2-3-5-18/h6-9,18H,3,5H2,1H3,(H,14,15,16). The number of nitrogens with zero attached hydrogens (tertiary/aromatic N) is 4. The van der Waals surface area contributed by atoms with Crippen molar-refractivity contribution >= 4 is 16.0 Å². The number of nitrogens with one attached hydrogen (secondary N) is 1. The van der Waals surface area contributed by atoms with Crippen molar-refractivity contribution in [1.82, 2.24) is 19.7 Å². The maximum Gasteiger partial charge on any atom is 0.265 e. The predicted octanol–water partition coefficient (Wildman–Crippen LogP) is -0.255. The second kappa shape index (κ2) is 6.34. The zero-order valence-electron chi connectivity index (χ0n) is 11.2. The minimum Gasteiger partial charge on any atom is -0.395 e. The fraction of sp³-hybridized carbons (Fsp3) is 0.250. The number of anilines is 1. The van der Waals surface area contributed by atoms with Crippen LogP contribution in [0.25, 0.3) is 0 Å². The Labute approximate surface area is 121 Å². The Balaban J connectivity index is 2.27. The van der Waals surface area contributed by atoms with E-state index in [-0.39, 0.29) is 17.5 Å². The van der Waals surface area contributed by atoms with Crippen LogP contribution in [-0.4, -0.2) is 39.9 Å². The first-order valence-corrected chi connectivity index (χ1v) is 7.43. The Bertz CT molecular complexity index is 788. The summed E-state index contributed by atoms with van der Waals surface area (Å²) in [6, 6.07) is 1.40. The zero-order chi connectivity index (χ0) is 15.3. The van der Waals surface area contributed by atoms with Crippen LogP contribution in [0.1, 0.15) is 12.0 Å². The molecule has 2 rings (SSSR count). The minimum atomic E-state index is -3.81. The molecule has 0 spiro atoms. The molecule has 2 aromatic rings. The first-order valence-electron chi connectivity index (χ1n) is 5.94. The van der Waals surface area contributed by atoms with E-state index < -0.39 is 10.0 Å². The van der Waals surface area contributed by atoms with Gasteiger partial charge in [0, 0.05) is 31.4 Å². The Morgan fingerprint density at radius 1 is 1.43 bits per heavy atom. The minimum absolute atomic E-state index is 0.0266. The van der Waals surface area contributed by atoms with E-state index in [9.17, 15) is 8.42 Å². The molecule has 9 heteroatoms. The van der Waals surface area contributed by atoms with Gasteiger partial charge in [-0.25, -0.2) is 17.8 Å². The molecule has 110 valence electrons. The third kappa shape index (κ3) is 3.77. The summed E-state index contributed by atoms with van der Waals surface area (Å²) in [7, 11) is -2.24. The third-order valence-corrected chi connectivity index (χ3v) is 3.73. The zero-order valence-corrected chi connectivity index (χ0v) is 12.0. The van der Waals surface area contributed by atoms with Gasteiger partial charge in [0.1, 0.15) is 11.2 Å². The van der Waals surface area contributed by atoms with Gasteiger partial charge in [-0.2, -0.15) is 10.1 Å². The van der Waals surface area contributed by atoms with Gasteiger partial charge < -0.3 is 5.11 Å². The van der Waals surface area contributed by atoms with Gasteiger partial charge in [0.05, 0.1) is 6.61 Å². The summed E-state index contributed by atoms with van der Waals surface area (Å²) >= 11 is 0. The molecule has 0 unspecified atom stereocenters. The number of hydrogen-bond donors (Lipinski definition) is 2. The SMILES string of the molecule is Cn1ncnc1NS(=O)(=O)c1cncc(C#CCCO)c1. The van der Waals surface area contributed by atoms with Gasteiger partial charge in [-0.1, -0.05) is 11.8 Å². The normalized spacial score (nSPS) is 10.8. The van der Waals surface area contributed by atoms with Crippen LogP contribution in [0.4, 0.5) is 5.95 Å². The number of aromatic nitrogens is 4. The molecule has 2 aromatic heterocycles. The van der Waals surface area contributed by atoms with E-state index in [0.717, 1.165) is 0 Å². The van der Waals surface area contributed by atoms with Gasteiger partial charge in [-0.15, -0.1) is 0 Å². The quantitative estimate of drug-likeness (QED) is 0.753. The van der Waals surface area contributed by atoms with Crippen LogP contribution in [-0.2, 0) is 17.1 Å². The van der Waals surface area contributed by atoms with Crippen molar-refractivity contribution in [1.29, 1.82) is 0 Å². The van der Waals surface area contributed by atoms with Crippen molar-refractivity contribution in [3.63, 3.8) is 0 Å². The fourth-order valence-corrected chi connectivity index (χ4v) is 2.45. The molecule has 0 radical (unpaired) electrons. The summed E-state index contributed by atoms with van der Waals surface area (Å²) in [5.74, 6) is 5.54. The fourth-order valence-electron chi connectivity index (χ4n) is 1.42. The van der Waals surface area contributed by atoms with Crippen molar-refractivity contribution in [3.8, 4) is 11.8 Å². The first kappa shape index (κ1) is 15.0. The van der Waals surface area contributed by atoms with E-state index in [1.165, 1.54) is 29.5 Å². The summed E-state index contributed by atoms with van der Waals surface area (Å²) < 4.78 is 28.0. The van der Waals surface area contributed by atoms with Crippen molar-refractivity contribution in [2.75, 3.05) is 11.3 Å². The molecule has 8 nitrogen and oxygen atoms in total. The van der Waals surface area contributed by atoms with Crippen LogP contribution in [0, 0.1) is 11.8 Å². The lowest BCUT2D eigenvalue weighted by Gasteiger charge is -2.06. The second-order valence-corrected chi connectivity index (χ2v) is 5.68. The molecule has 0 aliphatic rings. The van der Waals surface area contributed by atoms with Gasteiger partial charge >= 0.3 is 0 Å². The Morgan fingerprint density at radius 2 is 2.24 bits per heavy atom. The average molecular weight is 307 g/mol. The van der Waals surface area contributed by atoms with E-state index in [2.05, 4.69) is 31.6 Å². The largest absolute Gasteiger partial charge is 0.395 e. The van der Waals surface area contributed by atoms with Crippen LogP contribution >= 0.6 is 0 Å². The molecule has 2 heterocycles. The number of aryl methyl sites for hydroxylation is 1. The van der Waals surface area contributed by atoms with Crippen molar-refractivity contribution in [2.45, 2.75) is 11.3 Å². The summed E-state index contributed by atoms with van der Waals surface area (Å²) in [6.07, 6.45) is 4.22. The molecule has 0 fully saturated rings. The molecule has 21 heavy (non-hydrogen) atoms. The lowest BCUT2D eigenvalue weighted by Crippen LogP contribution is -2.16. The highest BCUT2D eigenvalue weighted by atomic mass is 32.2. The second-order valence-electron chi connectivity index (χ2n) is 4.00. The molecule has 0 saturated carbocycles. The molecule has 0 aliphatic carbocycles. The monoisotopic (exact) mass is 307 g/mol. The maximum atomic E-state index is 12.2. The summed E-state index contributed by atoms with van der Waals surface area (Å²) in [5.41, 5.74) is 0.448. The predicted molar refractivity (Wildman–Crippen MR) is 74.6 cm³/mol. The van der Waals surface area contributed by atoms with Gasteiger partial charge in [-0.3, -0.25) is 4.98 Å². The lowest BCUT2D eigenvalue weighted by molar-refractivity contribution is 0.305. The summed E-state index contributed by atoms with van der Waals surface area (Å²) in [5, 5.41) is 12.4. The van der Waals surface area contributed by atoms with E-state index in [0.29, 0.717) is 12.0 Å². The van der Waals surface area contributed by atoms with Gasteiger partial charge in [-0.05, 0) is 6.07 Å². The summed E-state index contributed by atoms with van der Waals surface area (Å²) in [4.78, 5) is 7.62. The highest BCUT2D eigenvalue weighted by Crippen LogP contribution is 2.13. The van der Waals surface area contributed by atoms with Crippen LogP contribution in [0.15, 0.2) is 29.7 Å². The number of rotatable bonds is 4. The Kier molecular flexibility index (Phi) is 4.52. The van der Waals surface area contributed by atoms with E-state index in [4.69, 9.17) is 5.11 Å². The smallest absolute Gasteiger partial charge is 0.265 e. The number of aliphatic hydroxyl groups excluding tert-OH is 1. The van der Waals surface area contributed by atoms with Gasteiger partial charge in [0.15, 0.2) is 0 Å².